The summed E-state index contributed by atoms with van der Waals surface area (Å²) in [5.74, 6) is 0. The number of para-hydroxylation sites is 1. The van der Waals surface area contributed by atoms with Crippen molar-refractivity contribution in [2.24, 2.45) is 0 Å². The molecule has 0 amide bonds. The molecular formula is C24H34N4OS. The lowest BCUT2D eigenvalue weighted by atomic mass is 10.0. The molecular weight excluding hydrogens is 392 g/mol. The predicted molar refractivity (Wildman–Crippen MR) is 128 cm³/mol. The van der Waals surface area contributed by atoms with Gasteiger partial charge in [-0.15, -0.1) is 0 Å². The molecule has 2 aromatic rings. The zero-order chi connectivity index (χ0) is 21.2. The van der Waals surface area contributed by atoms with Crippen molar-refractivity contribution in [1.82, 2.24) is 14.8 Å². The van der Waals surface area contributed by atoms with Crippen molar-refractivity contribution in [3.8, 4) is 0 Å². The summed E-state index contributed by atoms with van der Waals surface area (Å²) in [6.45, 7) is 10.9. The number of rotatable bonds is 9. The first-order chi connectivity index (χ1) is 14.7. The van der Waals surface area contributed by atoms with E-state index in [9.17, 15) is 0 Å². The summed E-state index contributed by atoms with van der Waals surface area (Å²) >= 11 is 5.91. The van der Waals surface area contributed by atoms with Gasteiger partial charge in [0.25, 0.3) is 0 Å². The Hall–Kier alpha value is -2.02. The second-order valence-corrected chi connectivity index (χ2v) is 8.06. The summed E-state index contributed by atoms with van der Waals surface area (Å²) in [6.07, 6.45) is 6.74. The van der Waals surface area contributed by atoms with Crippen LogP contribution in [0.1, 0.15) is 37.0 Å². The maximum atomic E-state index is 5.91. The van der Waals surface area contributed by atoms with Crippen molar-refractivity contribution in [3.63, 3.8) is 0 Å². The van der Waals surface area contributed by atoms with E-state index in [2.05, 4.69) is 64.3 Å². The highest BCUT2D eigenvalue weighted by molar-refractivity contribution is 7.80. The minimum absolute atomic E-state index is 0.785. The molecule has 0 saturated carbocycles. The fourth-order valence-electron chi connectivity index (χ4n) is 3.86. The number of nitrogens with zero attached hydrogens (tertiary/aromatic N) is 3. The van der Waals surface area contributed by atoms with Crippen LogP contribution in [-0.2, 0) is 24.1 Å². The highest BCUT2D eigenvalue weighted by atomic mass is 32.1. The summed E-state index contributed by atoms with van der Waals surface area (Å²) in [4.78, 5) is 8.92. The second kappa shape index (κ2) is 12.0. The highest BCUT2D eigenvalue weighted by Crippen LogP contribution is 2.23. The lowest BCUT2D eigenvalue weighted by Gasteiger charge is -2.30. The first-order valence-electron chi connectivity index (χ1n) is 11.1. The van der Waals surface area contributed by atoms with Gasteiger partial charge in [-0.05, 0) is 60.3 Å². The third-order valence-electron chi connectivity index (χ3n) is 5.65. The van der Waals surface area contributed by atoms with Crippen LogP contribution in [0.25, 0.3) is 0 Å². The van der Waals surface area contributed by atoms with Gasteiger partial charge in [-0.2, -0.15) is 0 Å². The fraction of sp³-hybridized carbons (Fsp3) is 0.500. The molecule has 1 aromatic heterocycles. The summed E-state index contributed by atoms with van der Waals surface area (Å²) in [6, 6.07) is 10.7. The van der Waals surface area contributed by atoms with Crippen molar-refractivity contribution in [2.75, 3.05) is 44.7 Å². The van der Waals surface area contributed by atoms with E-state index in [4.69, 9.17) is 17.0 Å². The van der Waals surface area contributed by atoms with E-state index in [1.807, 2.05) is 12.4 Å². The summed E-state index contributed by atoms with van der Waals surface area (Å²) < 4.78 is 5.47. The number of thiocarbonyl (C=S) groups is 1. The number of aryl methyl sites for hydroxylation is 2. The molecule has 1 N–H and O–H groups in total. The standard InChI is InChI=1S/C24H34N4OS/c1-3-21-7-5-8-22(4-2)23(21)26-24(30)28(19-20-9-11-25-12-10-20)14-6-13-27-15-17-29-18-16-27/h5,7-12H,3-4,6,13-19H2,1-2H3,(H,26,30). The molecule has 5 nitrogen and oxygen atoms in total. The number of anilines is 1. The van der Waals surface area contributed by atoms with Crippen LogP contribution in [0, 0.1) is 0 Å². The van der Waals surface area contributed by atoms with Crippen LogP contribution in [0.4, 0.5) is 5.69 Å². The van der Waals surface area contributed by atoms with Crippen LogP contribution in [0.3, 0.4) is 0 Å². The number of ether oxygens (including phenoxy) is 1. The molecule has 1 aliphatic rings. The van der Waals surface area contributed by atoms with E-state index in [0.29, 0.717) is 0 Å². The Labute approximate surface area is 186 Å². The molecule has 0 spiro atoms. The predicted octanol–water partition coefficient (Wildman–Crippen LogP) is 4.13. The van der Waals surface area contributed by atoms with Gasteiger partial charge in [0.05, 0.1) is 13.2 Å². The van der Waals surface area contributed by atoms with Crippen LogP contribution in [0.5, 0.6) is 0 Å². The average molecular weight is 427 g/mol. The Morgan fingerprint density at radius 2 is 1.77 bits per heavy atom. The topological polar surface area (TPSA) is 40.6 Å². The molecule has 2 heterocycles. The van der Waals surface area contributed by atoms with Gasteiger partial charge in [-0.25, -0.2) is 0 Å². The Bertz CT molecular complexity index is 771. The maximum Gasteiger partial charge on any atom is 0.173 e. The lowest BCUT2D eigenvalue weighted by molar-refractivity contribution is 0.0368. The van der Waals surface area contributed by atoms with Crippen LogP contribution in [-0.4, -0.2) is 59.3 Å². The number of hydrogen-bond acceptors (Lipinski definition) is 4. The molecule has 0 atom stereocenters. The van der Waals surface area contributed by atoms with E-state index in [0.717, 1.165) is 70.3 Å². The molecule has 1 fully saturated rings. The van der Waals surface area contributed by atoms with Crippen LogP contribution < -0.4 is 5.32 Å². The monoisotopic (exact) mass is 426 g/mol. The molecule has 30 heavy (non-hydrogen) atoms. The Kier molecular flexibility index (Phi) is 9.05. The SMILES string of the molecule is CCc1cccc(CC)c1NC(=S)N(CCCN1CCOCC1)Cc1ccncc1. The van der Waals surface area contributed by atoms with Gasteiger partial charge in [-0.1, -0.05) is 32.0 Å². The van der Waals surface area contributed by atoms with Gasteiger partial charge >= 0.3 is 0 Å². The van der Waals surface area contributed by atoms with Crippen molar-refractivity contribution in [1.29, 1.82) is 0 Å². The Morgan fingerprint density at radius 1 is 1.10 bits per heavy atom. The Balaban J connectivity index is 1.69. The number of nitrogens with one attached hydrogen (secondary N) is 1. The summed E-state index contributed by atoms with van der Waals surface area (Å²) in [7, 11) is 0. The Morgan fingerprint density at radius 3 is 2.40 bits per heavy atom. The maximum absolute atomic E-state index is 5.91. The third kappa shape index (κ3) is 6.49. The van der Waals surface area contributed by atoms with Gasteiger partial charge in [0.1, 0.15) is 0 Å². The molecule has 0 radical (unpaired) electrons. The van der Waals surface area contributed by atoms with Crippen LogP contribution >= 0.6 is 12.2 Å². The third-order valence-corrected chi connectivity index (χ3v) is 6.01. The van der Waals surface area contributed by atoms with E-state index < -0.39 is 0 Å². The molecule has 1 aliphatic heterocycles. The normalized spacial score (nSPS) is 14.5. The largest absolute Gasteiger partial charge is 0.379 e. The second-order valence-electron chi connectivity index (χ2n) is 7.67. The first-order valence-corrected chi connectivity index (χ1v) is 11.5. The van der Waals surface area contributed by atoms with Gasteiger partial charge in [-0.3, -0.25) is 9.88 Å². The van der Waals surface area contributed by atoms with E-state index in [-0.39, 0.29) is 0 Å². The number of aromatic nitrogens is 1. The zero-order valence-electron chi connectivity index (χ0n) is 18.3. The van der Waals surface area contributed by atoms with Crippen LogP contribution in [0.15, 0.2) is 42.7 Å². The van der Waals surface area contributed by atoms with Gasteiger partial charge in [0.15, 0.2) is 5.11 Å². The van der Waals surface area contributed by atoms with Gasteiger partial charge in [0.2, 0.25) is 0 Å². The minimum atomic E-state index is 0.785. The molecule has 1 aromatic carbocycles. The summed E-state index contributed by atoms with van der Waals surface area (Å²) in [5, 5.41) is 4.39. The molecule has 0 unspecified atom stereocenters. The zero-order valence-corrected chi connectivity index (χ0v) is 19.1. The van der Waals surface area contributed by atoms with E-state index in [1.165, 1.54) is 22.4 Å². The van der Waals surface area contributed by atoms with Crippen molar-refractivity contribution < 1.29 is 4.74 Å². The number of pyridine rings is 1. The van der Waals surface area contributed by atoms with Crippen LogP contribution in [0.2, 0.25) is 0 Å². The average Bonchev–Trinajstić information content (AvgIpc) is 2.80. The molecule has 1 saturated heterocycles. The smallest absolute Gasteiger partial charge is 0.173 e. The summed E-state index contributed by atoms with van der Waals surface area (Å²) in [5.41, 5.74) is 5.03. The highest BCUT2D eigenvalue weighted by Gasteiger charge is 2.16. The van der Waals surface area contributed by atoms with Gasteiger partial charge in [0, 0.05) is 50.8 Å². The number of benzene rings is 1. The van der Waals surface area contributed by atoms with Crippen molar-refractivity contribution in [3.05, 3.63) is 59.4 Å². The van der Waals surface area contributed by atoms with E-state index >= 15 is 0 Å². The lowest BCUT2D eigenvalue weighted by Crippen LogP contribution is -2.40. The fourth-order valence-corrected chi connectivity index (χ4v) is 4.12. The number of hydrogen-bond donors (Lipinski definition) is 1. The first kappa shape index (κ1) is 22.7. The molecule has 162 valence electrons. The molecule has 6 heteroatoms. The molecule has 0 bridgehead atoms. The van der Waals surface area contributed by atoms with Crippen molar-refractivity contribution >= 4 is 23.0 Å². The molecule has 3 rings (SSSR count). The van der Waals surface area contributed by atoms with E-state index in [1.54, 1.807) is 0 Å². The van der Waals surface area contributed by atoms with Gasteiger partial charge < -0.3 is 15.0 Å². The quantitative estimate of drug-likeness (QED) is 0.608. The minimum Gasteiger partial charge on any atom is -0.379 e. The van der Waals surface area contributed by atoms with Crippen molar-refractivity contribution in [2.45, 2.75) is 39.7 Å². The molecule has 0 aliphatic carbocycles. The number of morpholine rings is 1.